The zero-order valence-electron chi connectivity index (χ0n) is 12.0. The van der Waals surface area contributed by atoms with E-state index in [9.17, 15) is 23.1 Å². The number of carbonyl (C=O) groups excluding carboxylic acids is 1. The second-order valence-corrected chi connectivity index (χ2v) is 4.70. The van der Waals surface area contributed by atoms with Crippen LogP contribution in [0.2, 0.25) is 0 Å². The first kappa shape index (κ1) is 16.6. The van der Waals surface area contributed by atoms with Gasteiger partial charge in [-0.15, -0.1) is 13.2 Å². The molecule has 1 aromatic carbocycles. The van der Waals surface area contributed by atoms with Crippen LogP contribution in [0.1, 0.15) is 28.9 Å². The van der Waals surface area contributed by atoms with E-state index in [4.69, 9.17) is 0 Å². The predicted octanol–water partition coefficient (Wildman–Crippen LogP) is 3.18. The number of aromatic nitrogens is 1. The van der Waals surface area contributed by atoms with Gasteiger partial charge in [-0.25, -0.2) is 0 Å². The Kier molecular flexibility index (Phi) is 4.73. The zero-order chi connectivity index (χ0) is 17.0. The minimum atomic E-state index is -4.75. The van der Waals surface area contributed by atoms with Gasteiger partial charge < -0.3 is 15.2 Å². The molecule has 0 saturated heterocycles. The van der Waals surface area contributed by atoms with Gasteiger partial charge >= 0.3 is 6.36 Å². The summed E-state index contributed by atoms with van der Waals surface area (Å²) in [5, 5.41) is 12.2. The van der Waals surface area contributed by atoms with Crippen LogP contribution in [0.4, 0.5) is 13.2 Å². The summed E-state index contributed by atoms with van der Waals surface area (Å²) in [5.74, 6) is -1.12. The fourth-order valence-corrected chi connectivity index (χ4v) is 1.89. The molecule has 1 unspecified atom stereocenters. The summed E-state index contributed by atoms with van der Waals surface area (Å²) in [6, 6.07) is 6.04. The maximum absolute atomic E-state index is 12.1. The smallest absolute Gasteiger partial charge is 0.505 e. The lowest BCUT2D eigenvalue weighted by molar-refractivity contribution is -0.274. The average Bonchev–Trinajstić information content (AvgIpc) is 2.46. The van der Waals surface area contributed by atoms with Crippen molar-refractivity contribution in [2.45, 2.75) is 19.3 Å². The van der Waals surface area contributed by atoms with E-state index in [1.165, 1.54) is 24.4 Å². The molecule has 5 nitrogen and oxygen atoms in total. The number of amides is 1. The highest BCUT2D eigenvalue weighted by Crippen LogP contribution is 2.24. The normalized spacial score (nSPS) is 12.5. The first-order valence-electron chi connectivity index (χ1n) is 6.56. The first-order chi connectivity index (χ1) is 10.8. The van der Waals surface area contributed by atoms with Gasteiger partial charge in [-0.2, -0.15) is 0 Å². The molecule has 2 aromatic rings. The van der Waals surface area contributed by atoms with Crippen LogP contribution in [0.5, 0.6) is 11.5 Å². The van der Waals surface area contributed by atoms with E-state index in [1.54, 1.807) is 6.92 Å². The number of carbonyl (C=O) groups is 1. The molecule has 122 valence electrons. The molecule has 2 rings (SSSR count). The molecular weight excluding hydrogens is 313 g/mol. The van der Waals surface area contributed by atoms with Gasteiger partial charge in [-0.05, 0) is 30.7 Å². The van der Waals surface area contributed by atoms with Crippen molar-refractivity contribution in [2.24, 2.45) is 0 Å². The van der Waals surface area contributed by atoms with E-state index in [2.05, 4.69) is 15.0 Å². The number of ether oxygens (including phenoxy) is 1. The topological polar surface area (TPSA) is 71.5 Å². The molecule has 0 aliphatic carbocycles. The van der Waals surface area contributed by atoms with Crippen molar-refractivity contribution in [2.75, 3.05) is 0 Å². The summed E-state index contributed by atoms with van der Waals surface area (Å²) in [6.45, 7) is 1.66. The van der Waals surface area contributed by atoms with Gasteiger partial charge in [0.2, 0.25) is 0 Å². The molecule has 0 aliphatic rings. The largest absolute Gasteiger partial charge is 0.573 e. The van der Waals surface area contributed by atoms with E-state index < -0.39 is 18.3 Å². The predicted molar refractivity (Wildman–Crippen MR) is 74.9 cm³/mol. The molecule has 0 fully saturated rings. The van der Waals surface area contributed by atoms with Crippen LogP contribution in [-0.4, -0.2) is 22.4 Å². The van der Waals surface area contributed by atoms with E-state index in [0.717, 1.165) is 18.3 Å². The van der Waals surface area contributed by atoms with Gasteiger partial charge in [0.1, 0.15) is 11.5 Å². The van der Waals surface area contributed by atoms with Crippen LogP contribution in [-0.2, 0) is 0 Å². The fraction of sp³-hybridized carbons (Fsp3) is 0.200. The lowest BCUT2D eigenvalue weighted by atomic mass is 10.1. The van der Waals surface area contributed by atoms with Crippen molar-refractivity contribution in [1.29, 1.82) is 0 Å². The van der Waals surface area contributed by atoms with Crippen LogP contribution in [0.15, 0.2) is 42.7 Å². The van der Waals surface area contributed by atoms with Crippen LogP contribution >= 0.6 is 0 Å². The van der Waals surface area contributed by atoms with Crippen molar-refractivity contribution >= 4 is 5.91 Å². The molecule has 2 N–H and O–H groups in total. The van der Waals surface area contributed by atoms with Gasteiger partial charge in [0.05, 0.1) is 17.8 Å². The third-order valence-corrected chi connectivity index (χ3v) is 3.01. The van der Waals surface area contributed by atoms with E-state index in [1.807, 2.05) is 0 Å². The van der Waals surface area contributed by atoms with Crippen molar-refractivity contribution in [1.82, 2.24) is 10.3 Å². The minimum absolute atomic E-state index is 0.0591. The number of halogens is 3. The highest BCUT2D eigenvalue weighted by Gasteiger charge is 2.31. The molecular formula is C15H13F3N2O3. The summed E-state index contributed by atoms with van der Waals surface area (Å²) in [7, 11) is 0. The summed E-state index contributed by atoms with van der Waals surface area (Å²) in [6.07, 6.45) is -2.24. The summed E-state index contributed by atoms with van der Waals surface area (Å²) < 4.78 is 40.0. The molecule has 1 heterocycles. The number of hydrogen-bond acceptors (Lipinski definition) is 4. The number of nitrogens with one attached hydrogen (secondary N) is 1. The second-order valence-electron chi connectivity index (χ2n) is 4.70. The Bertz CT molecular complexity index is 687. The quantitative estimate of drug-likeness (QED) is 0.905. The molecule has 8 heteroatoms. The fourth-order valence-electron chi connectivity index (χ4n) is 1.89. The van der Waals surface area contributed by atoms with E-state index in [-0.39, 0.29) is 17.1 Å². The van der Waals surface area contributed by atoms with Crippen molar-refractivity contribution in [3.8, 4) is 11.5 Å². The Hall–Kier alpha value is -2.77. The van der Waals surface area contributed by atoms with Gasteiger partial charge in [0.15, 0.2) is 0 Å². The molecule has 23 heavy (non-hydrogen) atoms. The molecule has 0 radical (unpaired) electrons. The van der Waals surface area contributed by atoms with Crippen molar-refractivity contribution < 1.29 is 27.8 Å². The SMILES string of the molecule is CC(NC(=O)c1ccncc1O)c1ccc(OC(F)(F)F)cc1. The van der Waals surface area contributed by atoms with E-state index >= 15 is 0 Å². The minimum Gasteiger partial charge on any atom is -0.505 e. The molecule has 1 aromatic heterocycles. The van der Waals surface area contributed by atoms with Gasteiger partial charge in [0.25, 0.3) is 5.91 Å². The Morgan fingerprint density at radius 1 is 1.26 bits per heavy atom. The maximum atomic E-state index is 12.1. The monoisotopic (exact) mass is 326 g/mol. The molecule has 0 bridgehead atoms. The highest BCUT2D eigenvalue weighted by molar-refractivity contribution is 5.96. The molecule has 0 spiro atoms. The Balaban J connectivity index is 2.05. The number of hydrogen-bond donors (Lipinski definition) is 2. The zero-order valence-corrected chi connectivity index (χ0v) is 12.0. The highest BCUT2D eigenvalue weighted by atomic mass is 19.4. The lowest BCUT2D eigenvalue weighted by Gasteiger charge is -2.15. The number of rotatable bonds is 4. The molecule has 1 atom stereocenters. The number of nitrogens with zero attached hydrogens (tertiary/aromatic N) is 1. The number of aromatic hydroxyl groups is 1. The summed E-state index contributed by atoms with van der Waals surface area (Å²) in [5.41, 5.74) is 0.644. The number of benzene rings is 1. The van der Waals surface area contributed by atoms with Gasteiger partial charge in [-0.3, -0.25) is 9.78 Å². The summed E-state index contributed by atoms with van der Waals surface area (Å²) in [4.78, 5) is 15.7. The van der Waals surface area contributed by atoms with Crippen LogP contribution in [0.3, 0.4) is 0 Å². The first-order valence-corrected chi connectivity index (χ1v) is 6.56. The molecule has 1 amide bonds. The van der Waals surface area contributed by atoms with E-state index in [0.29, 0.717) is 5.56 Å². The maximum Gasteiger partial charge on any atom is 0.573 e. The van der Waals surface area contributed by atoms with Crippen LogP contribution in [0.25, 0.3) is 0 Å². The standard InChI is InChI=1S/C15H13F3N2O3/c1-9(20-14(22)12-6-7-19-8-13(12)21)10-2-4-11(5-3-10)23-15(16,17)18/h2-9,21H,1H3,(H,20,22). The third-order valence-electron chi connectivity index (χ3n) is 3.01. The third kappa shape index (κ3) is 4.60. The van der Waals surface area contributed by atoms with Crippen LogP contribution < -0.4 is 10.1 Å². The van der Waals surface area contributed by atoms with Gasteiger partial charge in [0, 0.05) is 6.20 Å². The van der Waals surface area contributed by atoms with Crippen LogP contribution in [0, 0.1) is 0 Å². The Morgan fingerprint density at radius 3 is 2.48 bits per heavy atom. The Labute approximate surface area is 129 Å². The lowest BCUT2D eigenvalue weighted by Crippen LogP contribution is -2.26. The average molecular weight is 326 g/mol. The molecule has 0 saturated carbocycles. The number of alkyl halides is 3. The van der Waals surface area contributed by atoms with Crippen molar-refractivity contribution in [3.63, 3.8) is 0 Å². The Morgan fingerprint density at radius 2 is 1.91 bits per heavy atom. The van der Waals surface area contributed by atoms with Crippen molar-refractivity contribution in [3.05, 3.63) is 53.9 Å². The molecule has 0 aliphatic heterocycles. The summed E-state index contributed by atoms with van der Waals surface area (Å²) >= 11 is 0. The second kappa shape index (κ2) is 6.55. The number of pyridine rings is 1. The van der Waals surface area contributed by atoms with Gasteiger partial charge in [-0.1, -0.05) is 12.1 Å².